The van der Waals surface area contributed by atoms with Gasteiger partial charge in [-0.25, -0.2) is 0 Å². The van der Waals surface area contributed by atoms with Crippen LogP contribution in [0, 0.1) is 22.9 Å². The molecule has 0 spiro atoms. The van der Waals surface area contributed by atoms with Crippen molar-refractivity contribution in [3.05, 3.63) is 69.8 Å². The quantitative estimate of drug-likeness (QED) is 0.536. The fourth-order valence-electron chi connectivity index (χ4n) is 3.55. The Morgan fingerprint density at radius 1 is 0.867 bits per heavy atom. The molecule has 156 valence electrons. The van der Waals surface area contributed by atoms with Crippen LogP contribution in [0.15, 0.2) is 36.4 Å². The van der Waals surface area contributed by atoms with E-state index < -0.39 is 16.1 Å². The minimum absolute atomic E-state index is 0.00328. The van der Waals surface area contributed by atoms with Gasteiger partial charge in [-0.2, -0.15) is 0 Å². The van der Waals surface area contributed by atoms with Gasteiger partial charge in [-0.15, -0.1) is 11.1 Å². The lowest BCUT2D eigenvalue weighted by atomic mass is 9.94. The third kappa shape index (κ3) is 5.97. The first-order valence-corrected chi connectivity index (χ1v) is 17.7. The molecule has 30 heavy (non-hydrogen) atoms. The van der Waals surface area contributed by atoms with Crippen LogP contribution in [0.25, 0.3) is 0 Å². The number of hydrogen-bond acceptors (Lipinski definition) is 2. The molecule has 0 aliphatic carbocycles. The molecule has 0 bridgehead atoms. The number of hydrogen-bond donors (Lipinski definition) is 1. The van der Waals surface area contributed by atoms with Gasteiger partial charge in [0.15, 0.2) is 0 Å². The maximum Gasteiger partial charge on any atom is 0.129 e. The van der Waals surface area contributed by atoms with Crippen LogP contribution in [0.1, 0.15) is 33.4 Å². The summed E-state index contributed by atoms with van der Waals surface area (Å²) in [6.45, 7) is 16.2. The lowest BCUT2D eigenvalue weighted by Crippen LogP contribution is -2.17. The molecule has 0 atom stereocenters. The molecule has 0 unspecified atom stereocenters. The molecular weight excluding hydrogens is 398 g/mol. The van der Waals surface area contributed by atoms with Crippen molar-refractivity contribution < 1.29 is 5.11 Å². The van der Waals surface area contributed by atoms with Crippen molar-refractivity contribution in [1.82, 2.24) is 4.90 Å². The minimum atomic E-state index is -1.52. The molecule has 0 aromatic heterocycles. The molecule has 0 saturated carbocycles. The predicted octanol–water partition coefficient (Wildman–Crippen LogP) is 5.15. The molecule has 1 aliphatic heterocycles. The Kier molecular flexibility index (Phi) is 6.75. The lowest BCUT2D eigenvalue weighted by Gasteiger charge is -2.14. The first-order valence-electron chi connectivity index (χ1n) is 10.7. The number of nitrogens with zero attached hydrogens (tertiary/aromatic N) is 1. The molecule has 0 saturated heterocycles. The van der Waals surface area contributed by atoms with Crippen molar-refractivity contribution in [2.24, 2.45) is 0 Å². The van der Waals surface area contributed by atoms with Gasteiger partial charge in [0.25, 0.3) is 0 Å². The molecule has 0 fully saturated rings. The number of rotatable bonds is 3. The summed E-state index contributed by atoms with van der Waals surface area (Å²) in [4.78, 5) is 2.46. The molecule has 0 amide bonds. The number of benzene rings is 2. The van der Waals surface area contributed by atoms with Crippen LogP contribution in [0.3, 0.4) is 0 Å². The molecule has 1 N–H and O–H groups in total. The van der Waals surface area contributed by atoms with E-state index in [-0.39, 0.29) is 6.61 Å². The highest BCUT2D eigenvalue weighted by Gasteiger charge is 2.26. The van der Waals surface area contributed by atoms with E-state index in [1.807, 2.05) is 0 Å². The molecule has 4 heteroatoms. The molecule has 2 nitrogen and oxygen atoms in total. The van der Waals surface area contributed by atoms with Crippen LogP contribution in [-0.4, -0.2) is 26.2 Å². The molecule has 1 aliphatic rings. The van der Waals surface area contributed by atoms with Crippen LogP contribution in [0.4, 0.5) is 0 Å². The van der Waals surface area contributed by atoms with Gasteiger partial charge < -0.3 is 5.11 Å². The van der Waals surface area contributed by atoms with Crippen molar-refractivity contribution in [3.63, 3.8) is 0 Å². The SMILES string of the molecule is C[Si](C)(C)C#Cc1cc(CO)c(C#C[Si](C)(C)C)c2c1CN(Cc1ccccc1)C2. The summed E-state index contributed by atoms with van der Waals surface area (Å²) in [6, 6.07) is 12.7. The van der Waals surface area contributed by atoms with Gasteiger partial charge in [-0.1, -0.05) is 81.5 Å². The van der Waals surface area contributed by atoms with E-state index in [1.165, 1.54) is 16.7 Å². The second-order valence-electron chi connectivity index (χ2n) is 10.2. The van der Waals surface area contributed by atoms with E-state index in [2.05, 4.69) is 104 Å². The van der Waals surface area contributed by atoms with Crippen molar-refractivity contribution >= 4 is 16.1 Å². The Morgan fingerprint density at radius 2 is 1.47 bits per heavy atom. The smallest absolute Gasteiger partial charge is 0.129 e. The van der Waals surface area contributed by atoms with E-state index in [1.54, 1.807) is 0 Å². The van der Waals surface area contributed by atoms with Crippen molar-refractivity contribution in [3.8, 4) is 22.9 Å². The highest BCUT2D eigenvalue weighted by molar-refractivity contribution is 6.84. The predicted molar refractivity (Wildman–Crippen MR) is 132 cm³/mol. The highest BCUT2D eigenvalue weighted by atomic mass is 28.3. The molecule has 3 rings (SSSR count). The molecule has 1 heterocycles. The maximum atomic E-state index is 10.1. The normalized spacial score (nSPS) is 13.8. The van der Waals surface area contributed by atoms with Crippen molar-refractivity contribution in [2.75, 3.05) is 0 Å². The average Bonchev–Trinajstić information content (AvgIpc) is 3.07. The van der Waals surface area contributed by atoms with Crippen LogP contribution in [-0.2, 0) is 26.2 Å². The second kappa shape index (κ2) is 8.96. The second-order valence-corrected chi connectivity index (χ2v) is 19.7. The van der Waals surface area contributed by atoms with Gasteiger partial charge in [-0.3, -0.25) is 4.90 Å². The molecule has 0 radical (unpaired) electrons. The fraction of sp³-hybridized carbons (Fsp3) is 0.385. The summed E-state index contributed by atoms with van der Waals surface area (Å²) in [5, 5.41) is 10.1. The fourth-order valence-corrected chi connectivity index (χ4v) is 4.56. The van der Waals surface area contributed by atoms with E-state index in [4.69, 9.17) is 0 Å². The topological polar surface area (TPSA) is 23.5 Å². The van der Waals surface area contributed by atoms with E-state index >= 15 is 0 Å². The first-order chi connectivity index (χ1) is 14.1. The number of aliphatic hydroxyl groups excluding tert-OH is 1. The van der Waals surface area contributed by atoms with Crippen LogP contribution in [0.5, 0.6) is 0 Å². The number of aliphatic hydroxyl groups is 1. The zero-order valence-corrected chi connectivity index (χ0v) is 21.2. The molecular formula is C26H33NOSi2. The molecule has 2 aromatic rings. The van der Waals surface area contributed by atoms with E-state index in [0.717, 1.165) is 36.3 Å². The van der Waals surface area contributed by atoms with Crippen LogP contribution in [0.2, 0.25) is 39.3 Å². The van der Waals surface area contributed by atoms with Gasteiger partial charge in [0.05, 0.1) is 6.61 Å². The Hall–Kier alpha value is -2.09. The third-order valence-corrected chi connectivity index (χ3v) is 6.70. The summed E-state index contributed by atoms with van der Waals surface area (Å²) in [7, 11) is -3.01. The zero-order valence-electron chi connectivity index (χ0n) is 19.2. The zero-order chi connectivity index (χ0) is 21.9. The van der Waals surface area contributed by atoms with Crippen LogP contribution >= 0.6 is 0 Å². The Bertz CT molecular complexity index is 1040. The highest BCUT2D eigenvalue weighted by Crippen LogP contribution is 2.32. The maximum absolute atomic E-state index is 10.1. The van der Waals surface area contributed by atoms with Crippen molar-refractivity contribution in [2.45, 2.75) is 65.5 Å². The summed E-state index contributed by atoms with van der Waals surface area (Å²) >= 11 is 0. The minimum Gasteiger partial charge on any atom is -0.392 e. The summed E-state index contributed by atoms with van der Waals surface area (Å²) < 4.78 is 0. The number of fused-ring (bicyclic) bond motifs is 1. The molecule has 2 aromatic carbocycles. The summed E-state index contributed by atoms with van der Waals surface area (Å²) in [5.74, 6) is 6.95. The standard InChI is InChI=1S/C26H33NOSi2/c1-29(2,3)14-12-22-16-23(20-28)24(13-15-30(4,5)6)26-19-27(18-25(22)26)17-21-10-8-7-9-11-21/h7-11,16,28H,17-20H2,1-6H3. The lowest BCUT2D eigenvalue weighted by molar-refractivity contribution is 0.274. The average molecular weight is 432 g/mol. The van der Waals surface area contributed by atoms with E-state index in [0.29, 0.717) is 0 Å². The monoisotopic (exact) mass is 431 g/mol. The Balaban J connectivity index is 2.08. The Morgan fingerprint density at radius 3 is 2.07 bits per heavy atom. The van der Waals surface area contributed by atoms with Gasteiger partial charge in [0, 0.05) is 30.8 Å². The largest absolute Gasteiger partial charge is 0.392 e. The summed E-state index contributed by atoms with van der Waals surface area (Å²) in [6.07, 6.45) is 0. The van der Waals surface area contributed by atoms with Crippen LogP contribution < -0.4 is 0 Å². The summed E-state index contributed by atoms with van der Waals surface area (Å²) in [5.41, 5.74) is 13.9. The van der Waals surface area contributed by atoms with Gasteiger partial charge >= 0.3 is 0 Å². The first kappa shape index (κ1) is 22.6. The Labute approximate surface area is 184 Å². The van der Waals surface area contributed by atoms with Gasteiger partial charge in [0.2, 0.25) is 0 Å². The van der Waals surface area contributed by atoms with Crippen molar-refractivity contribution in [1.29, 1.82) is 0 Å². The van der Waals surface area contributed by atoms with Gasteiger partial charge in [-0.05, 0) is 28.3 Å². The van der Waals surface area contributed by atoms with E-state index in [9.17, 15) is 5.11 Å². The van der Waals surface area contributed by atoms with Gasteiger partial charge in [0.1, 0.15) is 16.1 Å². The third-order valence-electron chi connectivity index (χ3n) is 4.95.